The molecule has 8 heteroatoms. The zero-order valence-electron chi connectivity index (χ0n) is 23.8. The predicted molar refractivity (Wildman–Crippen MR) is 160 cm³/mol. The fourth-order valence-electron chi connectivity index (χ4n) is 6.15. The van der Waals surface area contributed by atoms with Gasteiger partial charge in [0.2, 0.25) is 5.91 Å². The minimum atomic E-state index is -1.99. The van der Waals surface area contributed by atoms with Crippen molar-refractivity contribution in [1.82, 2.24) is 4.90 Å². The van der Waals surface area contributed by atoms with Crippen LogP contribution in [0.3, 0.4) is 0 Å². The van der Waals surface area contributed by atoms with E-state index in [1.807, 2.05) is 60.4 Å². The topological polar surface area (TPSA) is 66.8 Å². The Morgan fingerprint density at radius 3 is 2.33 bits per heavy atom. The zero-order chi connectivity index (χ0) is 28.8. The van der Waals surface area contributed by atoms with Crippen molar-refractivity contribution in [2.75, 3.05) is 0 Å². The quantitative estimate of drug-likeness (QED) is 0.329. The lowest BCUT2D eigenvalue weighted by atomic mass is 9.67. The summed E-state index contributed by atoms with van der Waals surface area (Å²) in [7, 11) is -1.99. The maximum Gasteiger partial charge on any atom is 0.304 e. The first-order valence-electron chi connectivity index (χ1n) is 13.8. The molecule has 1 unspecified atom stereocenters. The van der Waals surface area contributed by atoms with Crippen LogP contribution in [0.1, 0.15) is 82.9 Å². The molecule has 1 saturated heterocycles. The summed E-state index contributed by atoms with van der Waals surface area (Å²) in [6.45, 7) is 13.1. The van der Waals surface area contributed by atoms with Crippen LogP contribution in [0, 0.1) is 5.41 Å². The molecule has 2 aromatic carbocycles. The van der Waals surface area contributed by atoms with E-state index in [2.05, 4.69) is 33.9 Å². The van der Waals surface area contributed by atoms with Crippen LogP contribution in [0.2, 0.25) is 28.2 Å². The number of carboxylic acids is 1. The number of carboxylic acid groups (broad SMARTS) is 1. The second-order valence-corrected chi connectivity index (χ2v) is 18.8. The summed E-state index contributed by atoms with van der Waals surface area (Å²) in [6, 6.07) is 15.1. The molecule has 1 amide bonds. The highest BCUT2D eigenvalue weighted by atomic mass is 35.5. The lowest BCUT2D eigenvalue weighted by molar-refractivity contribution is -0.160. The van der Waals surface area contributed by atoms with Gasteiger partial charge in [-0.15, -0.1) is 0 Å². The molecule has 0 radical (unpaired) electrons. The van der Waals surface area contributed by atoms with Gasteiger partial charge in [-0.2, -0.15) is 0 Å². The summed E-state index contributed by atoms with van der Waals surface area (Å²) in [5, 5.41) is 11.2. The molecule has 1 saturated carbocycles. The summed E-state index contributed by atoms with van der Waals surface area (Å²) in [6.07, 6.45) is 2.72. The number of hydrogen-bond donors (Lipinski definition) is 1. The fraction of sp³-hybridized carbons (Fsp3) is 0.548. The van der Waals surface area contributed by atoms with Crippen LogP contribution in [0.15, 0.2) is 48.5 Å². The van der Waals surface area contributed by atoms with Gasteiger partial charge in [0.25, 0.3) is 0 Å². The maximum atomic E-state index is 14.4. The molecule has 5 atom stereocenters. The van der Waals surface area contributed by atoms with Crippen molar-refractivity contribution in [3.05, 3.63) is 69.7 Å². The Balaban J connectivity index is 1.78. The van der Waals surface area contributed by atoms with Crippen LogP contribution in [0.25, 0.3) is 0 Å². The average Bonchev–Trinajstić information content (AvgIpc) is 3.27. The molecule has 2 fully saturated rings. The maximum absolute atomic E-state index is 14.4. The number of halogens is 2. The van der Waals surface area contributed by atoms with E-state index in [9.17, 15) is 14.7 Å². The number of benzene rings is 2. The molecule has 0 bridgehead atoms. The molecule has 4 rings (SSSR count). The Bertz CT molecular complexity index is 1210. The molecule has 5 nitrogen and oxygen atoms in total. The van der Waals surface area contributed by atoms with Crippen molar-refractivity contribution in [1.29, 1.82) is 0 Å². The average molecular weight is 591 g/mol. The van der Waals surface area contributed by atoms with Gasteiger partial charge in [-0.3, -0.25) is 9.59 Å². The van der Waals surface area contributed by atoms with E-state index in [-0.39, 0.29) is 41.5 Å². The first-order chi connectivity index (χ1) is 18.1. The molecule has 0 spiro atoms. The lowest BCUT2D eigenvalue weighted by Crippen LogP contribution is -2.55. The third kappa shape index (κ3) is 6.40. The number of likely N-dealkylation sites (tertiary alicyclic amines) is 1. The number of nitrogens with zero attached hydrogens (tertiary/aromatic N) is 1. The summed E-state index contributed by atoms with van der Waals surface area (Å²) < 4.78 is 6.79. The van der Waals surface area contributed by atoms with Gasteiger partial charge in [0.15, 0.2) is 8.32 Å². The number of hydrogen-bond acceptors (Lipinski definition) is 3. The van der Waals surface area contributed by atoms with E-state index in [1.165, 1.54) is 0 Å². The monoisotopic (exact) mass is 589 g/mol. The number of carbonyl (C=O) groups is 2. The number of rotatable bonds is 7. The van der Waals surface area contributed by atoms with Crippen LogP contribution in [-0.2, 0) is 14.0 Å². The summed E-state index contributed by atoms with van der Waals surface area (Å²) in [5.74, 6) is -1.19. The number of piperidine rings is 1. The summed E-state index contributed by atoms with van der Waals surface area (Å²) >= 11 is 12.7. The van der Waals surface area contributed by atoms with Gasteiger partial charge in [-0.25, -0.2) is 0 Å². The van der Waals surface area contributed by atoms with E-state index in [0.29, 0.717) is 16.5 Å². The SMILES string of the molecule is CC1(CC(=O)O)C[C@H](c2cccc(Cl)c2)[C@@H](c2ccc(Cl)cc2)N([C@H]2CC[C@H](O[Si](C)(C)C(C)(C)C)C2)C1=O. The molecule has 39 heavy (non-hydrogen) atoms. The normalized spacial score (nSPS) is 28.1. The smallest absolute Gasteiger partial charge is 0.304 e. The van der Waals surface area contributed by atoms with Gasteiger partial charge >= 0.3 is 5.97 Å². The van der Waals surface area contributed by atoms with Crippen molar-refractivity contribution < 1.29 is 19.1 Å². The highest BCUT2D eigenvalue weighted by Gasteiger charge is 2.53. The lowest BCUT2D eigenvalue weighted by Gasteiger charge is -2.51. The largest absolute Gasteiger partial charge is 0.481 e. The molecule has 0 aromatic heterocycles. The highest BCUT2D eigenvalue weighted by Crippen LogP contribution is 2.53. The second kappa shape index (κ2) is 11.2. The zero-order valence-corrected chi connectivity index (χ0v) is 26.4. The number of carbonyl (C=O) groups excluding carboxylic acids is 1. The first kappa shape index (κ1) is 30.1. The van der Waals surface area contributed by atoms with Gasteiger partial charge in [0, 0.05) is 28.1 Å². The van der Waals surface area contributed by atoms with Gasteiger partial charge in [0.1, 0.15) is 0 Å². The molecule has 2 aromatic rings. The van der Waals surface area contributed by atoms with Crippen molar-refractivity contribution >= 4 is 43.4 Å². The van der Waals surface area contributed by atoms with Crippen LogP contribution in [-0.4, -0.2) is 42.3 Å². The summed E-state index contributed by atoms with van der Waals surface area (Å²) in [4.78, 5) is 28.4. The van der Waals surface area contributed by atoms with Crippen molar-refractivity contribution in [2.45, 2.75) is 102 Å². The molecular weight excluding hydrogens is 549 g/mol. The highest BCUT2D eigenvalue weighted by molar-refractivity contribution is 6.74. The van der Waals surface area contributed by atoms with E-state index < -0.39 is 19.7 Å². The minimum Gasteiger partial charge on any atom is -0.481 e. The first-order valence-corrected chi connectivity index (χ1v) is 17.5. The van der Waals surface area contributed by atoms with E-state index in [1.54, 1.807) is 0 Å². The Kier molecular flexibility index (Phi) is 8.64. The van der Waals surface area contributed by atoms with Crippen molar-refractivity contribution in [3.63, 3.8) is 0 Å². The Morgan fingerprint density at radius 1 is 1.08 bits per heavy atom. The van der Waals surface area contributed by atoms with E-state index in [0.717, 1.165) is 30.4 Å². The predicted octanol–water partition coefficient (Wildman–Crippen LogP) is 8.47. The molecule has 1 aliphatic heterocycles. The van der Waals surface area contributed by atoms with Crippen molar-refractivity contribution in [3.8, 4) is 0 Å². The van der Waals surface area contributed by atoms with Gasteiger partial charge in [-0.05, 0) is 79.2 Å². The fourth-order valence-corrected chi connectivity index (χ4v) is 7.88. The summed E-state index contributed by atoms with van der Waals surface area (Å²) in [5.41, 5.74) is 0.952. The standard InChI is InChI=1S/C31H41Cl2NO4Si/c1-30(2,3)39(5,6)38-25-15-14-24(17-25)34-28(20-10-12-22(32)13-11-20)26(21-8-7-9-23(33)16-21)18-31(4,29(34)37)19-27(35)36/h7-13,16,24-26,28H,14-15,17-19H2,1-6H3,(H,35,36)/t24-,25-,26+,28+,31?/m0/s1. The van der Waals surface area contributed by atoms with Crippen LogP contribution in [0.5, 0.6) is 0 Å². The Labute approximate surface area is 244 Å². The van der Waals surface area contributed by atoms with E-state index in [4.69, 9.17) is 27.6 Å². The van der Waals surface area contributed by atoms with Crippen LogP contribution in [0.4, 0.5) is 0 Å². The van der Waals surface area contributed by atoms with Gasteiger partial charge < -0.3 is 14.4 Å². The van der Waals surface area contributed by atoms with Gasteiger partial charge in [0.05, 0.1) is 17.9 Å². The van der Waals surface area contributed by atoms with Crippen molar-refractivity contribution in [2.24, 2.45) is 5.41 Å². The number of amides is 1. The molecule has 1 N–H and O–H groups in total. The second-order valence-electron chi connectivity index (χ2n) is 13.2. The molecule has 2 aliphatic rings. The van der Waals surface area contributed by atoms with Crippen LogP contribution < -0.4 is 0 Å². The van der Waals surface area contributed by atoms with Gasteiger partial charge in [-0.1, -0.05) is 75.2 Å². The third-order valence-corrected chi connectivity index (χ3v) is 14.2. The molecule has 1 aliphatic carbocycles. The Morgan fingerprint density at radius 2 is 1.74 bits per heavy atom. The minimum absolute atomic E-state index is 0.0527. The third-order valence-electron chi connectivity index (χ3n) is 9.15. The van der Waals surface area contributed by atoms with E-state index >= 15 is 0 Å². The number of aliphatic carboxylic acids is 1. The molecular formula is C31H41Cl2NO4Si. The Hall–Kier alpha value is -1.86. The molecule has 1 heterocycles. The molecule has 212 valence electrons. The van der Waals surface area contributed by atoms with Crippen LogP contribution >= 0.6 is 23.2 Å².